The van der Waals surface area contributed by atoms with Crippen LogP contribution in [0.3, 0.4) is 0 Å². The van der Waals surface area contributed by atoms with Gasteiger partial charge in [-0.05, 0) is 43.9 Å². The molecule has 220 valence electrons. The average Bonchev–Trinajstić information content (AvgIpc) is 3.62. The molecule has 1 saturated heterocycles. The first kappa shape index (κ1) is 30.6. The molecule has 1 aliphatic heterocycles. The van der Waals surface area contributed by atoms with Crippen LogP contribution in [0.15, 0.2) is 47.8 Å². The summed E-state index contributed by atoms with van der Waals surface area (Å²) in [4.78, 5) is 32.6. The number of β-amino-alcohol motifs (C(OH)–C–C–N with tert-alkyl or cyclic N) is 1. The van der Waals surface area contributed by atoms with Crippen molar-refractivity contribution < 1.29 is 32.6 Å². The first-order valence-electron chi connectivity index (χ1n) is 13.3. The van der Waals surface area contributed by atoms with E-state index in [2.05, 4.69) is 4.98 Å². The molecule has 0 bridgehead atoms. The topological polar surface area (TPSA) is 126 Å². The van der Waals surface area contributed by atoms with E-state index in [9.17, 15) is 23.1 Å². The number of rotatable bonds is 13. The average molecular weight is 602 g/mol. The molecule has 0 aliphatic carbocycles. The maximum Gasteiger partial charge on any atom is 0.254 e. The van der Waals surface area contributed by atoms with Gasteiger partial charge in [-0.2, -0.15) is 4.31 Å². The molecule has 41 heavy (non-hydrogen) atoms. The third kappa shape index (κ3) is 7.70. The number of sulfonamides is 1. The van der Waals surface area contributed by atoms with Crippen LogP contribution >= 0.6 is 11.3 Å². The molecule has 12 heteroatoms. The molecule has 0 radical (unpaired) electrons. The Morgan fingerprint density at radius 3 is 2.44 bits per heavy atom. The lowest BCUT2D eigenvalue weighted by Crippen LogP contribution is -2.34. The van der Waals surface area contributed by atoms with Gasteiger partial charge in [0.2, 0.25) is 10.0 Å². The fraction of sp³-hybridized carbons (Fsp3) is 0.414. The number of Topliss-reactive ketones (excluding diaryl/α,β-unsaturated/α-hetero) is 1. The highest BCUT2D eigenvalue weighted by atomic mass is 32.2. The molecule has 1 fully saturated rings. The molecular formula is C29H35N3O7S2. The van der Waals surface area contributed by atoms with Crippen molar-refractivity contribution in [2.45, 2.75) is 38.8 Å². The van der Waals surface area contributed by atoms with E-state index in [0.717, 1.165) is 21.9 Å². The molecule has 1 N–H and O–H groups in total. The number of hydrogen-bond donors (Lipinski definition) is 1. The summed E-state index contributed by atoms with van der Waals surface area (Å²) in [5, 5.41) is 11.7. The van der Waals surface area contributed by atoms with E-state index < -0.39 is 27.7 Å². The first-order valence-corrected chi connectivity index (χ1v) is 15.8. The number of benzene rings is 2. The van der Waals surface area contributed by atoms with E-state index in [1.165, 1.54) is 30.9 Å². The van der Waals surface area contributed by atoms with Gasteiger partial charge in [-0.25, -0.2) is 13.4 Å². The van der Waals surface area contributed by atoms with Crippen molar-refractivity contribution in [2.75, 3.05) is 39.6 Å². The monoisotopic (exact) mass is 601 g/mol. The van der Waals surface area contributed by atoms with Gasteiger partial charge in [0, 0.05) is 36.1 Å². The molecule has 1 amide bonds. The number of hydrogen-bond acceptors (Lipinski definition) is 9. The number of carbonyl (C=O) groups excluding carboxylic acids is 2. The molecular weight excluding hydrogens is 566 g/mol. The molecule has 10 nitrogen and oxygen atoms in total. The Morgan fingerprint density at radius 2 is 1.83 bits per heavy atom. The fourth-order valence-electron chi connectivity index (χ4n) is 4.73. The molecule has 4 rings (SSSR count). The van der Waals surface area contributed by atoms with Gasteiger partial charge in [0.1, 0.15) is 28.0 Å². The predicted octanol–water partition coefficient (Wildman–Crippen LogP) is 3.32. The quantitative estimate of drug-likeness (QED) is 0.296. The van der Waals surface area contributed by atoms with Crippen LogP contribution in [-0.4, -0.2) is 85.1 Å². The molecule has 0 saturated carbocycles. The third-order valence-corrected chi connectivity index (χ3v) is 9.60. The number of aryl methyl sites for hydroxylation is 1. The number of amides is 1. The van der Waals surface area contributed by atoms with Crippen LogP contribution in [0.25, 0.3) is 0 Å². The fourth-order valence-corrected chi connectivity index (χ4v) is 6.99. The zero-order chi connectivity index (χ0) is 29.6. The van der Waals surface area contributed by atoms with E-state index in [4.69, 9.17) is 9.47 Å². The molecule has 2 heterocycles. The van der Waals surface area contributed by atoms with Crippen LogP contribution in [0.5, 0.6) is 11.5 Å². The standard InChI is InChI=1S/C29H35N3O7S2/c1-20-26(38-2)14-22(15-27(20)39-3)29(35)31(12-7-10-21-8-5-4-6-9-21)17-28-30-24(18-40-28)25(34)19-41(36,37)32-13-11-23(33)16-32/h4-6,8-9,14-15,18,23,33H,7,10-13,16-17,19H2,1-3H3. The highest BCUT2D eigenvalue weighted by molar-refractivity contribution is 7.89. The van der Waals surface area contributed by atoms with Gasteiger partial charge in [0.25, 0.3) is 5.91 Å². The number of aromatic nitrogens is 1. The second-order valence-electron chi connectivity index (χ2n) is 9.93. The van der Waals surface area contributed by atoms with Crippen molar-refractivity contribution in [1.82, 2.24) is 14.2 Å². The Hall–Kier alpha value is -3.32. The van der Waals surface area contributed by atoms with Crippen LogP contribution in [-0.2, 0) is 23.0 Å². The maximum absolute atomic E-state index is 13.8. The Labute approximate surface area is 244 Å². The summed E-state index contributed by atoms with van der Waals surface area (Å²) >= 11 is 1.20. The number of ether oxygens (including phenoxy) is 2. The maximum atomic E-state index is 13.8. The van der Waals surface area contributed by atoms with E-state index >= 15 is 0 Å². The molecule has 1 atom stereocenters. The lowest BCUT2D eigenvalue weighted by atomic mass is 10.1. The van der Waals surface area contributed by atoms with Crippen LogP contribution in [0.1, 0.15) is 49.8 Å². The number of ketones is 1. The van der Waals surface area contributed by atoms with Crippen molar-refractivity contribution in [2.24, 2.45) is 0 Å². The Morgan fingerprint density at radius 1 is 1.15 bits per heavy atom. The minimum Gasteiger partial charge on any atom is -0.496 e. The number of nitrogens with zero attached hydrogens (tertiary/aromatic N) is 3. The van der Waals surface area contributed by atoms with Gasteiger partial charge in [0.15, 0.2) is 5.78 Å². The van der Waals surface area contributed by atoms with Crippen molar-refractivity contribution >= 4 is 33.1 Å². The lowest BCUT2D eigenvalue weighted by molar-refractivity contribution is 0.0740. The predicted molar refractivity (Wildman–Crippen MR) is 156 cm³/mol. The van der Waals surface area contributed by atoms with Crippen LogP contribution in [0, 0.1) is 6.92 Å². The number of aliphatic hydroxyl groups is 1. The Kier molecular flexibility index (Phi) is 10.1. The summed E-state index contributed by atoms with van der Waals surface area (Å²) in [5.74, 6) is -0.515. The van der Waals surface area contributed by atoms with Gasteiger partial charge < -0.3 is 19.5 Å². The van der Waals surface area contributed by atoms with E-state index in [1.54, 1.807) is 17.0 Å². The zero-order valence-electron chi connectivity index (χ0n) is 23.4. The van der Waals surface area contributed by atoms with Crippen LogP contribution in [0.2, 0.25) is 0 Å². The molecule has 1 unspecified atom stereocenters. The smallest absolute Gasteiger partial charge is 0.254 e. The number of methoxy groups -OCH3 is 2. The second kappa shape index (κ2) is 13.6. The third-order valence-electron chi connectivity index (χ3n) is 7.02. The van der Waals surface area contributed by atoms with Gasteiger partial charge in [-0.3, -0.25) is 9.59 Å². The largest absolute Gasteiger partial charge is 0.496 e. The lowest BCUT2D eigenvalue weighted by Gasteiger charge is -2.23. The molecule has 1 aromatic heterocycles. The second-order valence-corrected chi connectivity index (χ2v) is 12.8. The molecule has 2 aromatic carbocycles. The van der Waals surface area contributed by atoms with Crippen molar-refractivity contribution in [3.05, 3.63) is 75.2 Å². The minimum absolute atomic E-state index is 0.00738. The van der Waals surface area contributed by atoms with Crippen molar-refractivity contribution in [3.63, 3.8) is 0 Å². The molecule has 1 aliphatic rings. The van der Waals surface area contributed by atoms with Gasteiger partial charge in [-0.1, -0.05) is 30.3 Å². The van der Waals surface area contributed by atoms with E-state index in [0.29, 0.717) is 41.5 Å². The summed E-state index contributed by atoms with van der Waals surface area (Å²) in [6.07, 6.45) is 1.11. The summed E-state index contributed by atoms with van der Waals surface area (Å²) in [6.45, 7) is 2.61. The molecule has 0 spiro atoms. The highest BCUT2D eigenvalue weighted by Crippen LogP contribution is 2.30. The summed E-state index contributed by atoms with van der Waals surface area (Å²) in [7, 11) is -0.788. The van der Waals surface area contributed by atoms with E-state index in [-0.39, 0.29) is 31.2 Å². The van der Waals surface area contributed by atoms with Gasteiger partial charge >= 0.3 is 0 Å². The summed E-state index contributed by atoms with van der Waals surface area (Å²) in [6, 6.07) is 13.3. The zero-order valence-corrected chi connectivity index (χ0v) is 25.0. The highest BCUT2D eigenvalue weighted by Gasteiger charge is 2.32. The summed E-state index contributed by atoms with van der Waals surface area (Å²) < 4.78 is 37.4. The van der Waals surface area contributed by atoms with Crippen LogP contribution in [0.4, 0.5) is 0 Å². The summed E-state index contributed by atoms with van der Waals surface area (Å²) in [5.41, 5.74) is 2.38. The van der Waals surface area contributed by atoms with Crippen LogP contribution < -0.4 is 9.47 Å². The van der Waals surface area contributed by atoms with Crippen molar-refractivity contribution in [1.29, 1.82) is 0 Å². The van der Waals surface area contributed by atoms with Gasteiger partial charge in [-0.15, -0.1) is 11.3 Å². The Bertz CT molecular complexity index is 1450. The molecule has 3 aromatic rings. The Balaban J connectivity index is 1.52. The number of carbonyl (C=O) groups is 2. The number of aliphatic hydroxyl groups excluding tert-OH is 1. The first-order chi connectivity index (χ1) is 19.6. The normalized spacial score (nSPS) is 15.6. The van der Waals surface area contributed by atoms with E-state index in [1.807, 2.05) is 37.3 Å². The van der Waals surface area contributed by atoms with Crippen molar-refractivity contribution in [3.8, 4) is 11.5 Å². The SMILES string of the molecule is COc1cc(C(=O)N(CCCc2ccccc2)Cc2nc(C(=O)CS(=O)(=O)N3CCC(O)C3)cs2)cc(OC)c1C. The van der Waals surface area contributed by atoms with Gasteiger partial charge in [0.05, 0.1) is 26.9 Å². The number of thiazole rings is 1. The minimum atomic E-state index is -3.86.